The van der Waals surface area contributed by atoms with Crippen LogP contribution in [0.1, 0.15) is 26.2 Å². The molecule has 2 rings (SSSR count). The molecule has 1 aliphatic carbocycles. The topological polar surface area (TPSA) is 75.9 Å². The van der Waals surface area contributed by atoms with Gasteiger partial charge in [0.15, 0.2) is 0 Å². The number of hydrogen-bond acceptors (Lipinski definition) is 5. The van der Waals surface area contributed by atoms with E-state index >= 15 is 0 Å². The van der Waals surface area contributed by atoms with Crippen molar-refractivity contribution in [3.63, 3.8) is 0 Å². The zero-order chi connectivity index (χ0) is 11.4. The highest BCUT2D eigenvalue weighted by atomic mass is 15.3. The van der Waals surface area contributed by atoms with Crippen LogP contribution in [0.5, 0.6) is 0 Å². The van der Waals surface area contributed by atoms with E-state index in [9.17, 15) is 0 Å². The highest BCUT2D eigenvalue weighted by Gasteiger charge is 2.22. The minimum Gasteiger partial charge on any atom is -0.370 e. The summed E-state index contributed by atoms with van der Waals surface area (Å²) in [5.74, 6) is 8.13. The van der Waals surface area contributed by atoms with Gasteiger partial charge in [0.1, 0.15) is 5.82 Å². The average Bonchev–Trinajstić information content (AvgIpc) is 2.72. The van der Waals surface area contributed by atoms with E-state index in [0.29, 0.717) is 5.95 Å². The van der Waals surface area contributed by atoms with Crippen molar-refractivity contribution >= 4 is 11.8 Å². The standard InChI is InChI=1S/C11H19N5/c1-8-3-2-4-9(8)7-14-10-5-6-13-11(15-10)16-12/h5-6,8-9H,2-4,7,12H2,1H3,(H2,13,14,15,16). The molecule has 1 aromatic rings. The third kappa shape index (κ3) is 2.61. The summed E-state index contributed by atoms with van der Waals surface area (Å²) >= 11 is 0. The Balaban J connectivity index is 1.88. The molecular weight excluding hydrogens is 202 g/mol. The Hall–Kier alpha value is -1.36. The fourth-order valence-electron chi connectivity index (χ4n) is 2.29. The van der Waals surface area contributed by atoms with Crippen LogP contribution < -0.4 is 16.6 Å². The van der Waals surface area contributed by atoms with Gasteiger partial charge in [-0.1, -0.05) is 19.8 Å². The molecule has 0 amide bonds. The summed E-state index contributed by atoms with van der Waals surface area (Å²) in [5.41, 5.74) is 2.44. The number of anilines is 2. The number of nitrogens with two attached hydrogens (primary N) is 1. The van der Waals surface area contributed by atoms with Gasteiger partial charge in [0.2, 0.25) is 5.95 Å². The molecule has 2 atom stereocenters. The molecule has 0 bridgehead atoms. The molecule has 1 saturated carbocycles. The predicted octanol–water partition coefficient (Wildman–Crippen LogP) is 1.61. The van der Waals surface area contributed by atoms with Crippen LogP contribution in [0.2, 0.25) is 0 Å². The van der Waals surface area contributed by atoms with Gasteiger partial charge in [-0.3, -0.25) is 5.43 Å². The highest BCUT2D eigenvalue weighted by Crippen LogP contribution is 2.31. The van der Waals surface area contributed by atoms with Crippen LogP contribution in [0.3, 0.4) is 0 Å². The molecule has 0 radical (unpaired) electrons. The van der Waals surface area contributed by atoms with E-state index in [1.165, 1.54) is 19.3 Å². The van der Waals surface area contributed by atoms with Crippen molar-refractivity contribution in [1.29, 1.82) is 0 Å². The number of nitrogens with one attached hydrogen (secondary N) is 2. The van der Waals surface area contributed by atoms with Gasteiger partial charge in [-0.2, -0.15) is 4.98 Å². The Kier molecular flexibility index (Phi) is 3.56. The van der Waals surface area contributed by atoms with Gasteiger partial charge < -0.3 is 5.32 Å². The average molecular weight is 221 g/mol. The number of hydrazine groups is 1. The molecule has 0 aliphatic heterocycles. The van der Waals surface area contributed by atoms with Gasteiger partial charge in [-0.05, 0) is 24.3 Å². The molecule has 2 unspecified atom stereocenters. The lowest BCUT2D eigenvalue weighted by atomic mass is 9.98. The molecule has 5 nitrogen and oxygen atoms in total. The minimum atomic E-state index is 0.449. The van der Waals surface area contributed by atoms with Gasteiger partial charge in [-0.15, -0.1) is 0 Å². The van der Waals surface area contributed by atoms with E-state index in [4.69, 9.17) is 5.84 Å². The first-order valence-corrected chi connectivity index (χ1v) is 5.83. The Labute approximate surface area is 95.8 Å². The second kappa shape index (κ2) is 5.12. The molecular formula is C11H19N5. The van der Waals surface area contributed by atoms with Crippen LogP contribution in [0.25, 0.3) is 0 Å². The van der Waals surface area contributed by atoms with Gasteiger partial charge in [0, 0.05) is 12.7 Å². The number of aromatic nitrogens is 2. The smallest absolute Gasteiger partial charge is 0.239 e. The monoisotopic (exact) mass is 221 g/mol. The molecule has 88 valence electrons. The number of nitrogens with zero attached hydrogens (tertiary/aromatic N) is 2. The zero-order valence-corrected chi connectivity index (χ0v) is 9.61. The molecule has 1 aromatic heterocycles. The van der Waals surface area contributed by atoms with Crippen molar-refractivity contribution in [2.24, 2.45) is 17.7 Å². The second-order valence-electron chi connectivity index (χ2n) is 4.46. The molecule has 4 N–H and O–H groups in total. The number of nitrogen functional groups attached to an aromatic ring is 1. The summed E-state index contributed by atoms with van der Waals surface area (Å²) in [6.07, 6.45) is 5.72. The fraction of sp³-hybridized carbons (Fsp3) is 0.636. The number of hydrogen-bond donors (Lipinski definition) is 3. The summed E-state index contributed by atoms with van der Waals surface area (Å²) < 4.78 is 0. The predicted molar refractivity (Wildman–Crippen MR) is 64.8 cm³/mol. The Bertz CT molecular complexity index is 341. The summed E-state index contributed by atoms with van der Waals surface area (Å²) in [6, 6.07) is 1.86. The van der Waals surface area contributed by atoms with Crippen LogP contribution in [0.15, 0.2) is 12.3 Å². The second-order valence-corrected chi connectivity index (χ2v) is 4.46. The molecule has 0 spiro atoms. The minimum absolute atomic E-state index is 0.449. The summed E-state index contributed by atoms with van der Waals surface area (Å²) in [5, 5.41) is 3.35. The van der Waals surface area contributed by atoms with Crippen molar-refractivity contribution in [1.82, 2.24) is 9.97 Å². The fourth-order valence-corrected chi connectivity index (χ4v) is 2.29. The van der Waals surface area contributed by atoms with E-state index in [1.54, 1.807) is 6.20 Å². The summed E-state index contributed by atoms with van der Waals surface area (Å²) in [6.45, 7) is 3.31. The van der Waals surface area contributed by atoms with E-state index < -0.39 is 0 Å². The molecule has 1 aliphatic rings. The molecule has 0 saturated heterocycles. The normalized spacial score (nSPS) is 24.4. The van der Waals surface area contributed by atoms with Crippen molar-refractivity contribution < 1.29 is 0 Å². The van der Waals surface area contributed by atoms with Gasteiger partial charge in [0.05, 0.1) is 0 Å². The third-order valence-electron chi connectivity index (χ3n) is 3.37. The molecule has 16 heavy (non-hydrogen) atoms. The highest BCUT2D eigenvalue weighted by molar-refractivity contribution is 5.38. The van der Waals surface area contributed by atoms with Gasteiger partial charge in [-0.25, -0.2) is 10.8 Å². The summed E-state index contributed by atoms with van der Waals surface area (Å²) in [7, 11) is 0. The van der Waals surface area contributed by atoms with Crippen LogP contribution in [-0.4, -0.2) is 16.5 Å². The lowest BCUT2D eigenvalue weighted by Crippen LogP contribution is -2.18. The van der Waals surface area contributed by atoms with Crippen LogP contribution in [0, 0.1) is 11.8 Å². The SMILES string of the molecule is CC1CCCC1CNc1ccnc(NN)n1. The molecule has 0 aromatic carbocycles. The van der Waals surface area contributed by atoms with Gasteiger partial charge in [0.25, 0.3) is 0 Å². The largest absolute Gasteiger partial charge is 0.370 e. The first-order valence-electron chi connectivity index (χ1n) is 5.83. The maximum atomic E-state index is 5.26. The first kappa shape index (κ1) is 11.1. The van der Waals surface area contributed by atoms with E-state index in [-0.39, 0.29) is 0 Å². The first-order chi connectivity index (χ1) is 7.79. The van der Waals surface area contributed by atoms with Crippen LogP contribution in [-0.2, 0) is 0 Å². The van der Waals surface area contributed by atoms with E-state index in [0.717, 1.165) is 24.2 Å². The van der Waals surface area contributed by atoms with Crippen LogP contribution >= 0.6 is 0 Å². The number of rotatable bonds is 4. The maximum Gasteiger partial charge on any atom is 0.239 e. The van der Waals surface area contributed by atoms with Crippen molar-refractivity contribution in [2.45, 2.75) is 26.2 Å². The van der Waals surface area contributed by atoms with Crippen LogP contribution in [0.4, 0.5) is 11.8 Å². The molecule has 1 fully saturated rings. The van der Waals surface area contributed by atoms with E-state index in [1.807, 2.05) is 6.07 Å². The Morgan fingerprint density at radius 2 is 2.38 bits per heavy atom. The lowest BCUT2D eigenvalue weighted by Gasteiger charge is -2.16. The van der Waals surface area contributed by atoms with E-state index in [2.05, 4.69) is 27.6 Å². The zero-order valence-electron chi connectivity index (χ0n) is 9.61. The molecule has 1 heterocycles. The Morgan fingerprint density at radius 3 is 3.06 bits per heavy atom. The van der Waals surface area contributed by atoms with Crippen molar-refractivity contribution in [3.05, 3.63) is 12.3 Å². The van der Waals surface area contributed by atoms with Crippen molar-refractivity contribution in [3.8, 4) is 0 Å². The maximum absolute atomic E-state index is 5.26. The van der Waals surface area contributed by atoms with Crippen molar-refractivity contribution in [2.75, 3.05) is 17.3 Å². The third-order valence-corrected chi connectivity index (χ3v) is 3.37. The van der Waals surface area contributed by atoms with Gasteiger partial charge >= 0.3 is 0 Å². The summed E-state index contributed by atoms with van der Waals surface area (Å²) in [4.78, 5) is 8.18. The molecule has 5 heteroatoms. The lowest BCUT2D eigenvalue weighted by molar-refractivity contribution is 0.439. The Morgan fingerprint density at radius 1 is 1.50 bits per heavy atom. The quantitative estimate of drug-likeness (QED) is 0.532.